The van der Waals surface area contributed by atoms with Gasteiger partial charge >= 0.3 is 0 Å². The fraction of sp³-hybridized carbons (Fsp3) is 0. The van der Waals surface area contributed by atoms with E-state index in [1.807, 2.05) is 66.7 Å². The number of hydrogen-bond acceptors (Lipinski definition) is 5. The standard InChI is InChI=1S/C30H20N2O3S/c31-21-26(36(33,34)25-10-5-2-6-11-25)20-29-32-30-27(12-7-13-28(30)35-29)24-18-16-23(17-19-24)15-14-22-8-3-1-4-9-22/h1-20H. The van der Waals surface area contributed by atoms with E-state index in [1.54, 1.807) is 30.3 Å². The third kappa shape index (κ3) is 4.74. The second-order valence-electron chi connectivity index (χ2n) is 8.01. The van der Waals surface area contributed by atoms with Crippen LogP contribution in [-0.2, 0) is 9.84 Å². The van der Waals surface area contributed by atoms with Crippen molar-refractivity contribution in [1.29, 1.82) is 5.26 Å². The summed E-state index contributed by atoms with van der Waals surface area (Å²) < 4.78 is 31.6. The van der Waals surface area contributed by atoms with Gasteiger partial charge in [0.15, 0.2) is 10.5 Å². The highest BCUT2D eigenvalue weighted by molar-refractivity contribution is 7.95. The Labute approximate surface area is 209 Å². The van der Waals surface area contributed by atoms with Crippen LogP contribution in [0.1, 0.15) is 17.0 Å². The van der Waals surface area contributed by atoms with Gasteiger partial charge in [0.1, 0.15) is 11.6 Å². The van der Waals surface area contributed by atoms with Crippen molar-refractivity contribution in [2.75, 3.05) is 0 Å². The molecule has 0 aliphatic heterocycles. The van der Waals surface area contributed by atoms with E-state index in [4.69, 9.17) is 4.42 Å². The van der Waals surface area contributed by atoms with Gasteiger partial charge < -0.3 is 4.42 Å². The zero-order chi connectivity index (χ0) is 25.0. The largest absolute Gasteiger partial charge is 0.437 e. The number of nitrogens with zero attached hydrogens (tertiary/aromatic N) is 2. The normalized spacial score (nSPS) is 12.1. The number of sulfone groups is 1. The summed E-state index contributed by atoms with van der Waals surface area (Å²) in [6, 6.07) is 33.3. The molecule has 0 spiro atoms. The molecule has 0 radical (unpaired) electrons. The summed E-state index contributed by atoms with van der Waals surface area (Å²) in [4.78, 5) is 4.11. The lowest BCUT2D eigenvalue weighted by Gasteiger charge is -2.03. The van der Waals surface area contributed by atoms with Crippen molar-refractivity contribution in [2.24, 2.45) is 0 Å². The fourth-order valence-electron chi connectivity index (χ4n) is 3.80. The molecular formula is C30H20N2O3S. The van der Waals surface area contributed by atoms with Crippen molar-refractivity contribution in [3.05, 3.63) is 125 Å². The molecule has 5 aromatic rings. The van der Waals surface area contributed by atoms with Crippen LogP contribution in [0.3, 0.4) is 0 Å². The van der Waals surface area contributed by atoms with E-state index in [2.05, 4.69) is 17.1 Å². The lowest BCUT2D eigenvalue weighted by Crippen LogP contribution is -2.03. The van der Waals surface area contributed by atoms with Crippen molar-refractivity contribution in [1.82, 2.24) is 4.98 Å². The van der Waals surface area contributed by atoms with Gasteiger partial charge in [-0.1, -0.05) is 97.1 Å². The van der Waals surface area contributed by atoms with Crippen LogP contribution in [-0.4, -0.2) is 13.4 Å². The second-order valence-corrected chi connectivity index (χ2v) is 9.93. The van der Waals surface area contributed by atoms with Crippen molar-refractivity contribution >= 4 is 39.2 Å². The molecular weight excluding hydrogens is 468 g/mol. The SMILES string of the molecule is N#CC(=Cc1nc2c(-c3ccc(C=Cc4ccccc4)cc3)cccc2o1)S(=O)(=O)c1ccccc1. The molecule has 4 aromatic carbocycles. The van der Waals surface area contributed by atoms with Crippen LogP contribution in [0.5, 0.6) is 0 Å². The number of benzene rings is 4. The van der Waals surface area contributed by atoms with Crippen LogP contribution in [0.25, 0.3) is 40.5 Å². The van der Waals surface area contributed by atoms with Gasteiger partial charge in [0.2, 0.25) is 15.7 Å². The molecule has 0 fully saturated rings. The summed E-state index contributed by atoms with van der Waals surface area (Å²) in [5, 5.41) is 9.56. The first-order valence-corrected chi connectivity index (χ1v) is 12.7. The minimum absolute atomic E-state index is 0.0380. The Bertz CT molecular complexity index is 1730. The van der Waals surface area contributed by atoms with Crippen molar-refractivity contribution < 1.29 is 12.8 Å². The minimum Gasteiger partial charge on any atom is -0.437 e. The van der Waals surface area contributed by atoms with E-state index < -0.39 is 14.7 Å². The molecule has 0 aliphatic carbocycles. The first kappa shape index (κ1) is 23.0. The summed E-state index contributed by atoms with van der Waals surface area (Å²) in [6.07, 6.45) is 5.28. The number of rotatable bonds is 6. The van der Waals surface area contributed by atoms with Crippen LogP contribution >= 0.6 is 0 Å². The fourth-order valence-corrected chi connectivity index (χ4v) is 4.94. The van der Waals surface area contributed by atoms with Gasteiger partial charge in [0.05, 0.1) is 4.90 Å². The number of fused-ring (bicyclic) bond motifs is 1. The highest BCUT2D eigenvalue weighted by Crippen LogP contribution is 2.30. The molecule has 0 N–H and O–H groups in total. The highest BCUT2D eigenvalue weighted by Gasteiger charge is 2.22. The molecule has 0 amide bonds. The zero-order valence-corrected chi connectivity index (χ0v) is 19.9. The topological polar surface area (TPSA) is 84.0 Å². The smallest absolute Gasteiger partial charge is 0.222 e. The molecule has 0 saturated heterocycles. The van der Waals surface area contributed by atoms with E-state index in [9.17, 15) is 13.7 Å². The second kappa shape index (κ2) is 9.87. The third-order valence-corrected chi connectivity index (χ3v) is 7.31. The quantitative estimate of drug-likeness (QED) is 0.190. The number of allylic oxidation sites excluding steroid dienone is 1. The van der Waals surface area contributed by atoms with Crippen molar-refractivity contribution in [3.8, 4) is 17.2 Å². The molecule has 0 saturated carbocycles. The van der Waals surface area contributed by atoms with Crippen molar-refractivity contribution in [2.45, 2.75) is 4.90 Å². The Hall–Kier alpha value is -4.73. The number of hydrogen-bond donors (Lipinski definition) is 0. The molecule has 1 aromatic heterocycles. The molecule has 1 heterocycles. The van der Waals surface area contributed by atoms with Gasteiger partial charge in [0.25, 0.3) is 0 Å². The molecule has 0 unspecified atom stereocenters. The molecule has 0 aliphatic rings. The number of aromatic nitrogens is 1. The van der Waals surface area contributed by atoms with Crippen LogP contribution in [0, 0.1) is 11.3 Å². The molecule has 0 atom stereocenters. The summed E-state index contributed by atoms with van der Waals surface area (Å²) in [5.41, 5.74) is 5.06. The van der Waals surface area contributed by atoms with Crippen LogP contribution in [0.4, 0.5) is 0 Å². The van der Waals surface area contributed by atoms with E-state index in [0.29, 0.717) is 11.1 Å². The van der Waals surface area contributed by atoms with Crippen LogP contribution in [0.2, 0.25) is 0 Å². The average molecular weight is 489 g/mol. The van der Waals surface area contributed by atoms with Gasteiger partial charge in [-0.3, -0.25) is 0 Å². The van der Waals surface area contributed by atoms with Gasteiger partial charge in [-0.25, -0.2) is 13.4 Å². The van der Waals surface area contributed by atoms with E-state index in [0.717, 1.165) is 22.3 Å². The third-order valence-electron chi connectivity index (χ3n) is 5.63. The van der Waals surface area contributed by atoms with E-state index in [-0.39, 0.29) is 10.8 Å². The maximum atomic E-state index is 12.9. The molecule has 6 heteroatoms. The highest BCUT2D eigenvalue weighted by atomic mass is 32.2. The molecule has 5 rings (SSSR count). The Balaban J connectivity index is 1.47. The number of nitriles is 1. The van der Waals surface area contributed by atoms with E-state index in [1.165, 1.54) is 18.2 Å². The summed E-state index contributed by atoms with van der Waals surface area (Å²) in [5.74, 6) is 0.0518. The van der Waals surface area contributed by atoms with Gasteiger partial charge in [-0.2, -0.15) is 5.26 Å². The maximum absolute atomic E-state index is 12.9. The molecule has 36 heavy (non-hydrogen) atoms. The number of para-hydroxylation sites is 1. The maximum Gasteiger partial charge on any atom is 0.222 e. The Morgan fingerprint density at radius 3 is 2.08 bits per heavy atom. The molecule has 5 nitrogen and oxygen atoms in total. The monoisotopic (exact) mass is 488 g/mol. The van der Waals surface area contributed by atoms with E-state index >= 15 is 0 Å². The van der Waals surface area contributed by atoms with Gasteiger partial charge in [0, 0.05) is 11.6 Å². The Morgan fingerprint density at radius 1 is 0.778 bits per heavy atom. The van der Waals surface area contributed by atoms with Crippen molar-refractivity contribution in [3.63, 3.8) is 0 Å². The van der Waals surface area contributed by atoms with Gasteiger partial charge in [-0.15, -0.1) is 0 Å². The first-order valence-electron chi connectivity index (χ1n) is 11.2. The first-order chi connectivity index (χ1) is 17.5. The minimum atomic E-state index is -3.99. The molecule has 0 bridgehead atoms. The zero-order valence-electron chi connectivity index (χ0n) is 19.1. The molecule has 174 valence electrons. The summed E-state index contributed by atoms with van der Waals surface area (Å²) in [6.45, 7) is 0. The lowest BCUT2D eigenvalue weighted by molar-refractivity contribution is 0.587. The predicted octanol–water partition coefficient (Wildman–Crippen LogP) is 7.00. The van der Waals surface area contributed by atoms with Crippen LogP contribution < -0.4 is 0 Å². The lowest BCUT2D eigenvalue weighted by atomic mass is 10.0. The summed E-state index contributed by atoms with van der Waals surface area (Å²) in [7, 11) is -3.99. The Kier molecular flexibility index (Phi) is 6.31. The summed E-state index contributed by atoms with van der Waals surface area (Å²) >= 11 is 0. The van der Waals surface area contributed by atoms with Crippen LogP contribution in [0.15, 0.2) is 117 Å². The average Bonchev–Trinajstić information content (AvgIpc) is 3.35. The Morgan fingerprint density at radius 2 is 1.42 bits per heavy atom. The number of oxazole rings is 1. The van der Waals surface area contributed by atoms with Gasteiger partial charge in [-0.05, 0) is 34.9 Å². The predicted molar refractivity (Wildman–Crippen MR) is 142 cm³/mol.